The molecule has 2 atom stereocenters. The highest BCUT2D eigenvalue weighted by atomic mass is 35.5. The average molecular weight is 350 g/mol. The number of nitrogens with zero attached hydrogens (tertiary/aromatic N) is 1. The second kappa shape index (κ2) is 6.54. The van der Waals surface area contributed by atoms with Crippen molar-refractivity contribution in [3.63, 3.8) is 0 Å². The zero-order valence-electron chi connectivity index (χ0n) is 11.8. The van der Waals surface area contributed by atoms with Gasteiger partial charge >= 0.3 is 0 Å². The molecule has 1 aromatic heterocycles. The van der Waals surface area contributed by atoms with Crippen molar-refractivity contribution in [2.24, 2.45) is 0 Å². The Morgan fingerprint density at radius 2 is 2.29 bits per heavy atom. The van der Waals surface area contributed by atoms with Crippen LogP contribution in [0.25, 0.3) is 0 Å². The van der Waals surface area contributed by atoms with Crippen LogP contribution < -0.4 is 0 Å². The summed E-state index contributed by atoms with van der Waals surface area (Å²) in [4.78, 5) is 3.37. The van der Waals surface area contributed by atoms with E-state index in [1.54, 1.807) is 11.3 Å². The van der Waals surface area contributed by atoms with Gasteiger partial charge in [-0.1, -0.05) is 11.6 Å². The quantitative estimate of drug-likeness (QED) is 0.819. The van der Waals surface area contributed by atoms with Gasteiger partial charge in [0.25, 0.3) is 0 Å². The number of rotatable bonds is 5. The zero-order chi connectivity index (χ0) is 14.9. The van der Waals surface area contributed by atoms with Crippen LogP contribution in [0.2, 0.25) is 5.02 Å². The molecule has 0 saturated carbocycles. The fourth-order valence-corrected chi connectivity index (χ4v) is 5.96. The van der Waals surface area contributed by atoms with Gasteiger partial charge in [0.2, 0.25) is 0 Å². The van der Waals surface area contributed by atoms with Crippen molar-refractivity contribution in [2.75, 3.05) is 24.7 Å². The minimum atomic E-state index is -2.88. The monoisotopic (exact) mass is 349 g/mol. The van der Waals surface area contributed by atoms with Gasteiger partial charge in [0.15, 0.2) is 9.84 Å². The van der Waals surface area contributed by atoms with Gasteiger partial charge in [-0.25, -0.2) is 8.42 Å². The molecule has 0 spiro atoms. The molecule has 0 radical (unpaired) electrons. The maximum absolute atomic E-state index is 11.8. The van der Waals surface area contributed by atoms with Crippen molar-refractivity contribution < 1.29 is 13.2 Å². The SMILES string of the molecule is O=S1(=O)CC[C@H](N(Cc2sccc2Cl)C[C@H]2CCCO2)C1. The van der Waals surface area contributed by atoms with E-state index in [1.165, 1.54) is 0 Å². The molecule has 0 aliphatic carbocycles. The maximum Gasteiger partial charge on any atom is 0.151 e. The summed E-state index contributed by atoms with van der Waals surface area (Å²) in [6.45, 7) is 2.34. The van der Waals surface area contributed by atoms with E-state index in [1.807, 2.05) is 11.4 Å². The van der Waals surface area contributed by atoms with Crippen molar-refractivity contribution >= 4 is 32.8 Å². The number of thiophene rings is 1. The van der Waals surface area contributed by atoms with Crippen LogP contribution >= 0.6 is 22.9 Å². The third-order valence-corrected chi connectivity index (χ3v) is 7.35. The molecule has 0 aromatic carbocycles. The summed E-state index contributed by atoms with van der Waals surface area (Å²) in [5.74, 6) is 0.570. The minimum Gasteiger partial charge on any atom is -0.377 e. The molecule has 0 amide bonds. The minimum absolute atomic E-state index is 0.0948. The van der Waals surface area contributed by atoms with Crippen LogP contribution in [0.5, 0.6) is 0 Å². The summed E-state index contributed by atoms with van der Waals surface area (Å²) in [7, 11) is -2.88. The lowest BCUT2D eigenvalue weighted by molar-refractivity contribution is 0.0579. The van der Waals surface area contributed by atoms with Crippen LogP contribution in [0.3, 0.4) is 0 Å². The standard InChI is InChI=1S/C14H20ClNO3S2/c15-13-3-6-20-14(13)9-16(8-12-2-1-5-19-12)11-4-7-21(17,18)10-11/h3,6,11-12H,1-2,4-5,7-10H2/t11-,12+/m0/s1. The van der Waals surface area contributed by atoms with Crippen molar-refractivity contribution in [1.29, 1.82) is 0 Å². The molecule has 7 heteroatoms. The molecule has 3 rings (SSSR count). The van der Waals surface area contributed by atoms with Gasteiger partial charge in [-0.3, -0.25) is 4.90 Å². The van der Waals surface area contributed by atoms with E-state index >= 15 is 0 Å². The number of sulfone groups is 1. The Kier molecular flexibility index (Phi) is 4.90. The second-order valence-electron chi connectivity index (χ2n) is 5.81. The lowest BCUT2D eigenvalue weighted by atomic mass is 10.1. The fourth-order valence-electron chi connectivity index (χ4n) is 3.08. The lowest BCUT2D eigenvalue weighted by Crippen LogP contribution is -2.40. The predicted octanol–water partition coefficient (Wildman–Crippen LogP) is 2.57. The van der Waals surface area contributed by atoms with Crippen LogP contribution in [-0.2, 0) is 21.1 Å². The van der Waals surface area contributed by atoms with Gasteiger partial charge in [-0.15, -0.1) is 11.3 Å². The molecule has 3 heterocycles. The molecule has 21 heavy (non-hydrogen) atoms. The number of hydrogen-bond donors (Lipinski definition) is 0. The number of halogens is 1. The summed E-state index contributed by atoms with van der Waals surface area (Å²) in [6, 6.07) is 1.99. The van der Waals surface area contributed by atoms with Gasteiger partial charge in [0.1, 0.15) is 0 Å². The summed E-state index contributed by atoms with van der Waals surface area (Å²) in [6.07, 6.45) is 3.11. The van der Waals surface area contributed by atoms with Crippen LogP contribution in [0.1, 0.15) is 24.1 Å². The number of ether oxygens (including phenoxy) is 1. The first kappa shape index (κ1) is 15.7. The molecule has 2 saturated heterocycles. The van der Waals surface area contributed by atoms with E-state index < -0.39 is 9.84 Å². The van der Waals surface area contributed by atoms with Crippen LogP contribution in [0, 0.1) is 0 Å². The molecule has 2 aliphatic heterocycles. The first-order valence-electron chi connectivity index (χ1n) is 7.31. The Hall–Kier alpha value is -0.140. The first-order valence-corrected chi connectivity index (χ1v) is 10.4. The Morgan fingerprint density at radius 3 is 2.86 bits per heavy atom. The van der Waals surface area contributed by atoms with Crippen molar-refractivity contribution in [2.45, 2.75) is 38.0 Å². The molecular weight excluding hydrogens is 330 g/mol. The molecule has 0 N–H and O–H groups in total. The molecule has 2 aliphatic rings. The summed E-state index contributed by atoms with van der Waals surface area (Å²) >= 11 is 7.83. The third kappa shape index (κ3) is 3.99. The normalized spacial score (nSPS) is 28.5. The summed E-state index contributed by atoms with van der Waals surface area (Å²) < 4.78 is 29.3. The van der Waals surface area contributed by atoms with E-state index in [2.05, 4.69) is 4.90 Å². The lowest BCUT2D eigenvalue weighted by Gasteiger charge is -2.30. The topological polar surface area (TPSA) is 46.6 Å². The van der Waals surface area contributed by atoms with E-state index in [0.717, 1.165) is 48.9 Å². The Labute approximate surface area is 135 Å². The summed E-state index contributed by atoms with van der Waals surface area (Å²) in [5.41, 5.74) is 0. The van der Waals surface area contributed by atoms with E-state index in [4.69, 9.17) is 16.3 Å². The maximum atomic E-state index is 11.8. The Balaban J connectivity index is 1.72. The van der Waals surface area contributed by atoms with E-state index in [-0.39, 0.29) is 17.9 Å². The van der Waals surface area contributed by atoms with Crippen molar-refractivity contribution in [1.82, 2.24) is 4.90 Å². The van der Waals surface area contributed by atoms with Gasteiger partial charge in [-0.05, 0) is 30.7 Å². The van der Waals surface area contributed by atoms with Crippen LogP contribution in [0.15, 0.2) is 11.4 Å². The highest BCUT2D eigenvalue weighted by Crippen LogP contribution is 2.28. The molecule has 118 valence electrons. The van der Waals surface area contributed by atoms with E-state index in [0.29, 0.717) is 5.75 Å². The second-order valence-corrected chi connectivity index (χ2v) is 9.45. The van der Waals surface area contributed by atoms with Gasteiger partial charge in [0, 0.05) is 30.6 Å². The molecule has 0 bridgehead atoms. The third-order valence-electron chi connectivity index (χ3n) is 4.22. The highest BCUT2D eigenvalue weighted by Gasteiger charge is 2.34. The largest absolute Gasteiger partial charge is 0.377 e. The average Bonchev–Trinajstić information content (AvgIpc) is 3.12. The Bertz CT molecular complexity index is 581. The molecule has 4 nitrogen and oxygen atoms in total. The summed E-state index contributed by atoms with van der Waals surface area (Å²) in [5, 5.41) is 2.76. The van der Waals surface area contributed by atoms with E-state index in [9.17, 15) is 8.42 Å². The highest BCUT2D eigenvalue weighted by molar-refractivity contribution is 7.91. The zero-order valence-corrected chi connectivity index (χ0v) is 14.2. The van der Waals surface area contributed by atoms with Crippen LogP contribution in [-0.4, -0.2) is 50.1 Å². The Morgan fingerprint density at radius 1 is 1.43 bits per heavy atom. The molecule has 0 unspecified atom stereocenters. The van der Waals surface area contributed by atoms with Gasteiger partial charge in [-0.2, -0.15) is 0 Å². The van der Waals surface area contributed by atoms with Crippen LogP contribution in [0.4, 0.5) is 0 Å². The predicted molar refractivity (Wildman–Crippen MR) is 85.8 cm³/mol. The molecule has 1 aromatic rings. The first-order chi connectivity index (χ1) is 10.0. The molecular formula is C14H20ClNO3S2. The van der Waals surface area contributed by atoms with Gasteiger partial charge in [0.05, 0.1) is 22.6 Å². The van der Waals surface area contributed by atoms with Crippen molar-refractivity contribution in [3.05, 3.63) is 21.3 Å². The number of hydrogen-bond acceptors (Lipinski definition) is 5. The smallest absolute Gasteiger partial charge is 0.151 e. The fraction of sp³-hybridized carbons (Fsp3) is 0.714. The molecule has 2 fully saturated rings. The van der Waals surface area contributed by atoms with Gasteiger partial charge < -0.3 is 4.74 Å². The van der Waals surface area contributed by atoms with Crippen molar-refractivity contribution in [3.8, 4) is 0 Å².